The van der Waals surface area contributed by atoms with Crippen molar-refractivity contribution in [3.05, 3.63) is 28.8 Å². The number of nitrogens with zero attached hydrogens (tertiary/aromatic N) is 2. The van der Waals surface area contributed by atoms with E-state index in [0.29, 0.717) is 5.84 Å². The summed E-state index contributed by atoms with van der Waals surface area (Å²) in [6, 6.07) is 4.11. The molecule has 3 nitrogen and oxygen atoms in total. The molecular formula is C12H15N3. The SMILES string of the molecule is C/C(=N\C#N)Nc1cc(C)c(C)c(C)c1. The molecule has 78 valence electrons. The summed E-state index contributed by atoms with van der Waals surface area (Å²) in [7, 11) is 0. The number of amidine groups is 1. The van der Waals surface area contributed by atoms with Crippen LogP contribution in [0.3, 0.4) is 0 Å². The van der Waals surface area contributed by atoms with E-state index in [1.807, 2.05) is 0 Å². The summed E-state index contributed by atoms with van der Waals surface area (Å²) in [6.07, 6.45) is 1.75. The summed E-state index contributed by atoms with van der Waals surface area (Å²) >= 11 is 0. The van der Waals surface area contributed by atoms with Gasteiger partial charge in [-0.25, -0.2) is 0 Å². The second kappa shape index (κ2) is 4.61. The molecule has 0 spiro atoms. The van der Waals surface area contributed by atoms with Crippen LogP contribution in [0.4, 0.5) is 5.69 Å². The molecule has 0 heterocycles. The highest BCUT2D eigenvalue weighted by molar-refractivity contribution is 5.94. The molecule has 1 N–H and O–H groups in total. The van der Waals surface area contributed by atoms with Crippen molar-refractivity contribution in [3.63, 3.8) is 0 Å². The Balaban J connectivity index is 2.99. The molecule has 0 unspecified atom stereocenters. The Kier molecular flexibility index (Phi) is 3.46. The summed E-state index contributed by atoms with van der Waals surface area (Å²) < 4.78 is 0. The minimum Gasteiger partial charge on any atom is -0.343 e. The van der Waals surface area contributed by atoms with Gasteiger partial charge in [-0.2, -0.15) is 10.3 Å². The molecule has 0 saturated heterocycles. The number of rotatable bonds is 1. The van der Waals surface area contributed by atoms with Crippen molar-refractivity contribution in [2.24, 2.45) is 4.99 Å². The number of aryl methyl sites for hydroxylation is 2. The standard InChI is InChI=1S/C12H15N3/c1-8-5-12(6-9(2)10(8)3)15-11(4)14-7-13/h5-6H,1-4H3,(H,14,15). The molecule has 0 amide bonds. The third-order valence-electron chi connectivity index (χ3n) is 2.47. The first kappa shape index (κ1) is 11.3. The Bertz CT molecular complexity index is 416. The topological polar surface area (TPSA) is 48.2 Å². The van der Waals surface area contributed by atoms with E-state index in [1.165, 1.54) is 16.7 Å². The number of nitriles is 1. The second-order valence-electron chi connectivity index (χ2n) is 3.66. The molecule has 0 aliphatic carbocycles. The van der Waals surface area contributed by atoms with Crippen LogP contribution in [0.25, 0.3) is 0 Å². The molecule has 1 aromatic rings. The Hall–Kier alpha value is -1.82. The summed E-state index contributed by atoms with van der Waals surface area (Å²) in [6.45, 7) is 8.02. The van der Waals surface area contributed by atoms with Crippen LogP contribution in [-0.4, -0.2) is 5.84 Å². The fraction of sp³-hybridized carbons (Fsp3) is 0.333. The van der Waals surface area contributed by atoms with Crippen LogP contribution in [0.5, 0.6) is 0 Å². The lowest BCUT2D eigenvalue weighted by Crippen LogP contribution is -2.07. The van der Waals surface area contributed by atoms with Crippen LogP contribution in [-0.2, 0) is 0 Å². The van der Waals surface area contributed by atoms with E-state index in [0.717, 1.165) is 5.69 Å². The van der Waals surface area contributed by atoms with Crippen molar-refractivity contribution in [2.45, 2.75) is 27.7 Å². The number of hydrogen-bond donors (Lipinski definition) is 1. The first-order valence-corrected chi connectivity index (χ1v) is 4.83. The summed E-state index contributed by atoms with van der Waals surface area (Å²) in [5, 5.41) is 11.5. The van der Waals surface area contributed by atoms with Crippen molar-refractivity contribution in [1.82, 2.24) is 0 Å². The van der Waals surface area contributed by atoms with Crippen molar-refractivity contribution >= 4 is 11.5 Å². The molecule has 0 atom stereocenters. The average molecular weight is 201 g/mol. The molecule has 0 aromatic heterocycles. The van der Waals surface area contributed by atoms with E-state index in [1.54, 1.807) is 13.1 Å². The molecule has 0 aliphatic heterocycles. The van der Waals surface area contributed by atoms with Crippen molar-refractivity contribution in [3.8, 4) is 6.19 Å². The first-order chi connectivity index (χ1) is 7.04. The minimum absolute atomic E-state index is 0.611. The van der Waals surface area contributed by atoms with Crippen LogP contribution >= 0.6 is 0 Å². The summed E-state index contributed by atoms with van der Waals surface area (Å²) in [4.78, 5) is 3.61. The zero-order valence-corrected chi connectivity index (χ0v) is 9.55. The van der Waals surface area contributed by atoms with Gasteiger partial charge in [0.1, 0.15) is 5.84 Å². The minimum atomic E-state index is 0.611. The molecule has 15 heavy (non-hydrogen) atoms. The fourth-order valence-electron chi connectivity index (χ4n) is 1.42. The Morgan fingerprint density at radius 3 is 2.27 bits per heavy atom. The fourth-order valence-corrected chi connectivity index (χ4v) is 1.42. The molecule has 1 rings (SSSR count). The van der Waals surface area contributed by atoms with E-state index >= 15 is 0 Å². The number of aliphatic imine (C=N–C) groups is 1. The third-order valence-corrected chi connectivity index (χ3v) is 2.47. The van der Waals surface area contributed by atoms with Crippen LogP contribution in [0.15, 0.2) is 17.1 Å². The van der Waals surface area contributed by atoms with E-state index in [-0.39, 0.29) is 0 Å². The van der Waals surface area contributed by atoms with Crippen molar-refractivity contribution in [1.29, 1.82) is 5.26 Å². The maximum Gasteiger partial charge on any atom is 0.207 e. The lowest BCUT2D eigenvalue weighted by Gasteiger charge is -2.10. The zero-order valence-electron chi connectivity index (χ0n) is 9.55. The summed E-state index contributed by atoms with van der Waals surface area (Å²) in [5.41, 5.74) is 4.76. The molecule has 0 radical (unpaired) electrons. The molecule has 0 aliphatic rings. The van der Waals surface area contributed by atoms with Gasteiger partial charge < -0.3 is 5.32 Å². The first-order valence-electron chi connectivity index (χ1n) is 4.83. The van der Waals surface area contributed by atoms with Crippen LogP contribution in [0.1, 0.15) is 23.6 Å². The maximum absolute atomic E-state index is 8.39. The van der Waals surface area contributed by atoms with E-state index in [9.17, 15) is 0 Å². The predicted octanol–water partition coefficient (Wildman–Crippen LogP) is 2.92. The van der Waals surface area contributed by atoms with Gasteiger partial charge in [-0.15, -0.1) is 0 Å². The lowest BCUT2D eigenvalue weighted by atomic mass is 10.0. The highest BCUT2D eigenvalue weighted by Gasteiger charge is 2.01. The highest BCUT2D eigenvalue weighted by atomic mass is 15.0. The number of anilines is 1. The lowest BCUT2D eigenvalue weighted by molar-refractivity contribution is 1.27. The van der Waals surface area contributed by atoms with Gasteiger partial charge in [-0.05, 0) is 56.5 Å². The van der Waals surface area contributed by atoms with Gasteiger partial charge in [0.15, 0.2) is 0 Å². The van der Waals surface area contributed by atoms with Gasteiger partial charge in [0.05, 0.1) is 0 Å². The molecule has 1 aromatic carbocycles. The third kappa shape index (κ3) is 2.81. The molecule has 0 bridgehead atoms. The Labute approximate surface area is 90.5 Å². The Morgan fingerprint density at radius 2 is 1.80 bits per heavy atom. The summed E-state index contributed by atoms with van der Waals surface area (Å²) in [5.74, 6) is 0.611. The quantitative estimate of drug-likeness (QED) is 0.431. The second-order valence-corrected chi connectivity index (χ2v) is 3.66. The number of hydrogen-bond acceptors (Lipinski definition) is 2. The van der Waals surface area contributed by atoms with Gasteiger partial charge in [0.25, 0.3) is 0 Å². The monoisotopic (exact) mass is 201 g/mol. The smallest absolute Gasteiger partial charge is 0.207 e. The average Bonchev–Trinajstić information content (AvgIpc) is 2.14. The molecule has 0 saturated carbocycles. The van der Waals surface area contributed by atoms with Crippen molar-refractivity contribution in [2.75, 3.05) is 5.32 Å². The predicted molar refractivity (Wildman–Crippen MR) is 63.0 cm³/mol. The zero-order chi connectivity index (χ0) is 11.4. The maximum atomic E-state index is 8.39. The van der Waals surface area contributed by atoms with Crippen molar-refractivity contribution < 1.29 is 0 Å². The van der Waals surface area contributed by atoms with Gasteiger partial charge in [-0.3, -0.25) is 0 Å². The van der Waals surface area contributed by atoms with Gasteiger partial charge in [0.2, 0.25) is 6.19 Å². The largest absolute Gasteiger partial charge is 0.343 e. The van der Waals surface area contributed by atoms with Crippen LogP contribution < -0.4 is 5.32 Å². The Morgan fingerprint density at radius 1 is 1.27 bits per heavy atom. The molecule has 3 heteroatoms. The van der Waals surface area contributed by atoms with E-state index < -0.39 is 0 Å². The van der Waals surface area contributed by atoms with Gasteiger partial charge in [0, 0.05) is 5.69 Å². The van der Waals surface area contributed by atoms with Crippen LogP contribution in [0, 0.1) is 32.2 Å². The number of benzene rings is 1. The van der Waals surface area contributed by atoms with Gasteiger partial charge in [-0.1, -0.05) is 0 Å². The molecular weight excluding hydrogens is 186 g/mol. The van der Waals surface area contributed by atoms with Gasteiger partial charge >= 0.3 is 0 Å². The molecule has 0 fully saturated rings. The van der Waals surface area contributed by atoms with Crippen LogP contribution in [0.2, 0.25) is 0 Å². The number of nitrogens with one attached hydrogen (secondary N) is 1. The van der Waals surface area contributed by atoms with E-state index in [2.05, 4.69) is 43.2 Å². The highest BCUT2D eigenvalue weighted by Crippen LogP contribution is 2.18. The van der Waals surface area contributed by atoms with E-state index in [4.69, 9.17) is 5.26 Å². The normalized spacial score (nSPS) is 11.0.